The average Bonchev–Trinajstić information content (AvgIpc) is 3.38. The van der Waals surface area contributed by atoms with Crippen LogP contribution in [-0.4, -0.2) is 51.0 Å². The molecule has 1 saturated heterocycles. The number of nitrogen functional groups attached to an aromatic ring is 1. The molecule has 1 aromatic carbocycles. The maximum absolute atomic E-state index is 6.30. The summed E-state index contributed by atoms with van der Waals surface area (Å²) in [4.78, 5) is 13.8. The van der Waals surface area contributed by atoms with Gasteiger partial charge in [0.15, 0.2) is 5.16 Å². The molecule has 0 amide bonds. The van der Waals surface area contributed by atoms with Crippen molar-refractivity contribution in [1.82, 2.24) is 24.7 Å². The Morgan fingerprint density at radius 3 is 2.70 bits per heavy atom. The Bertz CT molecular complexity index is 1290. The molecule has 4 heterocycles. The van der Waals surface area contributed by atoms with Crippen molar-refractivity contribution in [3.05, 3.63) is 46.1 Å². The topological polar surface area (TPSA) is 95.0 Å². The minimum absolute atomic E-state index is 0.546. The number of para-hydroxylation sites is 1. The first-order valence-electron chi connectivity index (χ1n) is 11.1. The summed E-state index contributed by atoms with van der Waals surface area (Å²) >= 11 is 3.25. The lowest BCUT2D eigenvalue weighted by Crippen LogP contribution is -2.38. The number of fused-ring (bicyclic) bond motifs is 1. The molecule has 172 valence electrons. The number of hydrogen-bond acceptors (Lipinski definition) is 9. The van der Waals surface area contributed by atoms with Crippen molar-refractivity contribution < 1.29 is 4.74 Å². The van der Waals surface area contributed by atoms with Gasteiger partial charge in [0, 0.05) is 18.0 Å². The lowest BCUT2D eigenvalue weighted by molar-refractivity contribution is 0.122. The highest BCUT2D eigenvalue weighted by Crippen LogP contribution is 2.34. The lowest BCUT2D eigenvalue weighted by atomic mass is 10.1. The van der Waals surface area contributed by atoms with Gasteiger partial charge in [0.25, 0.3) is 0 Å². The molecule has 33 heavy (non-hydrogen) atoms. The van der Waals surface area contributed by atoms with Crippen LogP contribution in [0.2, 0.25) is 0 Å². The zero-order valence-corrected chi connectivity index (χ0v) is 20.7. The van der Waals surface area contributed by atoms with Crippen molar-refractivity contribution in [3.8, 4) is 5.69 Å². The number of nitrogens with two attached hydrogens (primary N) is 1. The van der Waals surface area contributed by atoms with E-state index in [1.54, 1.807) is 23.1 Å². The predicted molar refractivity (Wildman–Crippen MR) is 135 cm³/mol. The van der Waals surface area contributed by atoms with Crippen LogP contribution in [-0.2, 0) is 16.9 Å². The predicted octanol–water partition coefficient (Wildman–Crippen LogP) is 4.16. The fourth-order valence-corrected chi connectivity index (χ4v) is 5.93. The highest BCUT2D eigenvalue weighted by Gasteiger charge is 2.23. The summed E-state index contributed by atoms with van der Waals surface area (Å²) in [6.07, 6.45) is 0.925. The van der Waals surface area contributed by atoms with Crippen molar-refractivity contribution >= 4 is 45.1 Å². The van der Waals surface area contributed by atoms with E-state index in [2.05, 4.69) is 69.7 Å². The van der Waals surface area contributed by atoms with Gasteiger partial charge in [-0.25, -0.2) is 9.97 Å². The summed E-state index contributed by atoms with van der Waals surface area (Å²) in [5, 5.41) is 10.9. The van der Waals surface area contributed by atoms with E-state index < -0.39 is 0 Å². The van der Waals surface area contributed by atoms with Crippen LogP contribution in [0.1, 0.15) is 28.8 Å². The maximum Gasteiger partial charge on any atom is 0.232 e. The first-order chi connectivity index (χ1) is 16.1. The van der Waals surface area contributed by atoms with Crippen molar-refractivity contribution in [2.45, 2.75) is 38.1 Å². The molecule has 3 aromatic heterocycles. The Morgan fingerprint density at radius 2 is 1.91 bits per heavy atom. The summed E-state index contributed by atoms with van der Waals surface area (Å²) in [5.74, 6) is 2.66. The number of nitrogens with zero attached hydrogens (tertiary/aromatic N) is 6. The Morgan fingerprint density at radius 1 is 1.12 bits per heavy atom. The number of thioether (sulfide) groups is 1. The van der Waals surface area contributed by atoms with Gasteiger partial charge in [-0.05, 0) is 37.5 Å². The number of morpholine rings is 1. The fourth-order valence-electron chi connectivity index (χ4n) is 4.08. The van der Waals surface area contributed by atoms with Crippen molar-refractivity contribution in [3.63, 3.8) is 0 Å². The highest BCUT2D eigenvalue weighted by atomic mass is 32.2. The third-order valence-corrected chi connectivity index (χ3v) is 7.98. The third-order valence-electron chi connectivity index (χ3n) is 5.96. The second-order valence-corrected chi connectivity index (χ2v) is 10.1. The summed E-state index contributed by atoms with van der Waals surface area (Å²) in [6.45, 7) is 9.31. The van der Waals surface area contributed by atoms with Crippen LogP contribution in [0, 0.1) is 13.8 Å². The van der Waals surface area contributed by atoms with E-state index in [1.807, 2.05) is 0 Å². The van der Waals surface area contributed by atoms with Gasteiger partial charge in [0.2, 0.25) is 5.95 Å². The van der Waals surface area contributed by atoms with Gasteiger partial charge in [-0.15, -0.1) is 21.5 Å². The summed E-state index contributed by atoms with van der Waals surface area (Å²) in [5.41, 5.74) is 9.82. The minimum atomic E-state index is 0.546. The van der Waals surface area contributed by atoms with Crippen LogP contribution in [0.5, 0.6) is 0 Å². The second kappa shape index (κ2) is 9.28. The summed E-state index contributed by atoms with van der Waals surface area (Å²) in [7, 11) is 0. The van der Waals surface area contributed by atoms with Crippen LogP contribution in [0.25, 0.3) is 15.9 Å². The molecule has 1 fully saturated rings. The highest BCUT2D eigenvalue weighted by molar-refractivity contribution is 7.98. The van der Waals surface area contributed by atoms with Crippen LogP contribution >= 0.6 is 23.1 Å². The van der Waals surface area contributed by atoms with E-state index in [4.69, 9.17) is 15.5 Å². The Balaban J connectivity index is 1.50. The van der Waals surface area contributed by atoms with E-state index in [-0.39, 0.29) is 0 Å². The summed E-state index contributed by atoms with van der Waals surface area (Å²) < 4.78 is 7.71. The van der Waals surface area contributed by atoms with E-state index in [0.29, 0.717) is 30.6 Å². The molecule has 2 N–H and O–H groups in total. The SMILES string of the molecule is CCc1ccccc1-n1c(SCc2nc(N)c3c(C)c(C)sc3n2)nnc1N1CCOCC1. The molecule has 1 aliphatic rings. The number of thiophene rings is 1. The molecule has 1 aliphatic heterocycles. The van der Waals surface area contributed by atoms with Gasteiger partial charge >= 0.3 is 0 Å². The standard InChI is InChI=1S/C23H27N7OS2/c1-4-16-7-5-6-8-17(16)30-22(29-9-11-31-12-10-29)27-28-23(30)32-13-18-25-20(24)19-14(2)15(3)33-21(19)26-18/h5-8H,4,9-13H2,1-3H3,(H2,24,25,26). The average molecular weight is 482 g/mol. The van der Waals surface area contributed by atoms with Crippen LogP contribution < -0.4 is 10.6 Å². The van der Waals surface area contributed by atoms with E-state index in [1.165, 1.54) is 10.4 Å². The van der Waals surface area contributed by atoms with Crippen molar-refractivity contribution in [1.29, 1.82) is 0 Å². The van der Waals surface area contributed by atoms with E-state index in [9.17, 15) is 0 Å². The van der Waals surface area contributed by atoms with Crippen LogP contribution in [0.3, 0.4) is 0 Å². The van der Waals surface area contributed by atoms with Crippen molar-refractivity contribution in [2.75, 3.05) is 36.9 Å². The van der Waals surface area contributed by atoms with Crippen LogP contribution in [0.15, 0.2) is 29.4 Å². The smallest absolute Gasteiger partial charge is 0.232 e. The number of aromatic nitrogens is 5. The molecular weight excluding hydrogens is 454 g/mol. The zero-order chi connectivity index (χ0) is 22.9. The Kier molecular flexibility index (Phi) is 6.22. The van der Waals surface area contributed by atoms with E-state index in [0.717, 1.165) is 52.1 Å². The van der Waals surface area contributed by atoms with Gasteiger partial charge < -0.3 is 15.4 Å². The van der Waals surface area contributed by atoms with Gasteiger partial charge in [-0.2, -0.15) is 0 Å². The minimum Gasteiger partial charge on any atom is -0.383 e. The maximum atomic E-state index is 6.30. The molecule has 5 rings (SSSR count). The Labute approximate surface area is 201 Å². The number of ether oxygens (including phenoxy) is 1. The van der Waals surface area contributed by atoms with Gasteiger partial charge in [0.1, 0.15) is 16.5 Å². The van der Waals surface area contributed by atoms with Gasteiger partial charge in [-0.3, -0.25) is 4.57 Å². The molecule has 0 radical (unpaired) electrons. The van der Waals surface area contributed by atoms with Crippen molar-refractivity contribution in [2.24, 2.45) is 0 Å². The largest absolute Gasteiger partial charge is 0.383 e. The molecule has 0 aliphatic carbocycles. The monoisotopic (exact) mass is 481 g/mol. The molecule has 8 nitrogen and oxygen atoms in total. The molecule has 10 heteroatoms. The number of hydrogen-bond donors (Lipinski definition) is 1. The quantitative estimate of drug-likeness (QED) is 0.410. The molecule has 0 unspecified atom stereocenters. The fraction of sp³-hybridized carbons (Fsp3) is 0.391. The molecule has 0 atom stereocenters. The first-order valence-corrected chi connectivity index (χ1v) is 12.9. The first kappa shape index (κ1) is 22.1. The van der Waals surface area contributed by atoms with Crippen LogP contribution in [0.4, 0.5) is 11.8 Å². The number of aryl methyl sites for hydroxylation is 3. The molecule has 0 spiro atoms. The zero-order valence-electron chi connectivity index (χ0n) is 19.0. The lowest BCUT2D eigenvalue weighted by Gasteiger charge is -2.28. The number of anilines is 2. The molecular formula is C23H27N7OS2. The van der Waals surface area contributed by atoms with Gasteiger partial charge in [-0.1, -0.05) is 36.9 Å². The molecule has 0 bridgehead atoms. The second-order valence-electron chi connectivity index (χ2n) is 7.98. The van der Waals surface area contributed by atoms with Gasteiger partial charge in [0.05, 0.1) is 30.0 Å². The molecule has 0 saturated carbocycles. The third kappa shape index (κ3) is 4.18. The number of rotatable bonds is 6. The summed E-state index contributed by atoms with van der Waals surface area (Å²) in [6, 6.07) is 8.43. The Hall–Kier alpha value is -2.69. The number of benzene rings is 1. The normalized spacial score (nSPS) is 14.3. The molecule has 4 aromatic rings. The van der Waals surface area contributed by atoms with E-state index >= 15 is 0 Å².